The highest BCUT2D eigenvalue weighted by Crippen LogP contribution is 2.26. The summed E-state index contributed by atoms with van der Waals surface area (Å²) in [7, 11) is -3.18. The number of nitrogens with two attached hydrogens (primary N) is 1. The van der Waals surface area contributed by atoms with Gasteiger partial charge < -0.3 is 5.73 Å². The third-order valence-corrected chi connectivity index (χ3v) is 5.48. The molecule has 0 spiro atoms. The van der Waals surface area contributed by atoms with Crippen molar-refractivity contribution in [2.75, 3.05) is 12.3 Å². The van der Waals surface area contributed by atoms with Crippen molar-refractivity contribution in [1.29, 1.82) is 0 Å². The van der Waals surface area contributed by atoms with Gasteiger partial charge in [0.1, 0.15) is 0 Å². The number of sulfonamides is 1. The third kappa shape index (κ3) is 5.03. The van der Waals surface area contributed by atoms with Crippen LogP contribution in [0.1, 0.15) is 47.0 Å². The molecule has 0 aliphatic carbocycles. The molecule has 1 saturated heterocycles. The number of piperidine rings is 1. The minimum Gasteiger partial charge on any atom is -0.326 e. The molecule has 0 aromatic rings. The molecule has 4 nitrogen and oxygen atoms in total. The molecule has 6 heteroatoms. The standard InChI is InChI=1S/C12H26N2O2S.ClH/c1-10(13)11-7-5-6-8-14(11)17(15,16)9-12(2,3)4;/h10-11H,5-9,13H2,1-4H3;1H. The van der Waals surface area contributed by atoms with Crippen molar-refractivity contribution in [1.82, 2.24) is 4.31 Å². The van der Waals surface area contributed by atoms with Gasteiger partial charge in [-0.1, -0.05) is 27.2 Å². The fraction of sp³-hybridized carbons (Fsp3) is 1.00. The molecule has 1 aliphatic heterocycles. The average molecular weight is 299 g/mol. The molecular weight excluding hydrogens is 272 g/mol. The summed E-state index contributed by atoms with van der Waals surface area (Å²) < 4.78 is 26.4. The van der Waals surface area contributed by atoms with E-state index >= 15 is 0 Å². The topological polar surface area (TPSA) is 63.4 Å². The normalized spacial score (nSPS) is 24.4. The molecule has 2 N–H and O–H groups in total. The van der Waals surface area contributed by atoms with E-state index in [0.717, 1.165) is 19.3 Å². The van der Waals surface area contributed by atoms with Gasteiger partial charge in [0, 0.05) is 18.6 Å². The first-order chi connectivity index (χ1) is 7.63. The van der Waals surface area contributed by atoms with Crippen LogP contribution in [0.2, 0.25) is 0 Å². The molecule has 1 fully saturated rings. The maximum atomic E-state index is 12.4. The van der Waals surface area contributed by atoms with E-state index in [-0.39, 0.29) is 35.7 Å². The van der Waals surface area contributed by atoms with Gasteiger partial charge in [0.25, 0.3) is 0 Å². The van der Waals surface area contributed by atoms with Crippen LogP contribution >= 0.6 is 12.4 Å². The Morgan fingerprint density at radius 3 is 2.33 bits per heavy atom. The minimum atomic E-state index is -3.18. The molecule has 0 amide bonds. The summed E-state index contributed by atoms with van der Waals surface area (Å²) in [5.41, 5.74) is 5.70. The predicted octanol–water partition coefficient (Wildman–Crippen LogP) is 1.99. The predicted molar refractivity (Wildman–Crippen MR) is 78.5 cm³/mol. The summed E-state index contributed by atoms with van der Waals surface area (Å²) in [5, 5.41) is 0. The van der Waals surface area contributed by atoms with Crippen LogP contribution in [0.15, 0.2) is 0 Å². The Kier molecular flexibility index (Phi) is 6.61. The lowest BCUT2D eigenvalue weighted by Gasteiger charge is -2.38. The van der Waals surface area contributed by atoms with Crippen LogP contribution in [0.3, 0.4) is 0 Å². The molecule has 1 heterocycles. The Balaban J connectivity index is 0.00000289. The van der Waals surface area contributed by atoms with Gasteiger partial charge >= 0.3 is 0 Å². The molecule has 0 saturated carbocycles. The summed E-state index contributed by atoms with van der Waals surface area (Å²) in [6.45, 7) is 8.39. The maximum Gasteiger partial charge on any atom is 0.214 e. The maximum absolute atomic E-state index is 12.4. The molecule has 2 atom stereocenters. The molecule has 1 rings (SSSR count). The zero-order valence-corrected chi connectivity index (χ0v) is 13.5. The van der Waals surface area contributed by atoms with Crippen LogP contribution in [0.5, 0.6) is 0 Å². The fourth-order valence-corrected chi connectivity index (χ4v) is 4.81. The first-order valence-corrected chi connectivity index (χ1v) is 7.99. The van der Waals surface area contributed by atoms with E-state index in [1.165, 1.54) is 0 Å². The van der Waals surface area contributed by atoms with E-state index in [2.05, 4.69) is 0 Å². The molecule has 0 aromatic heterocycles. The van der Waals surface area contributed by atoms with E-state index in [0.29, 0.717) is 6.54 Å². The summed E-state index contributed by atoms with van der Waals surface area (Å²) in [4.78, 5) is 0. The second-order valence-corrected chi connectivity index (χ2v) is 8.27. The molecule has 0 aromatic carbocycles. The van der Waals surface area contributed by atoms with Gasteiger partial charge in [-0.15, -0.1) is 12.4 Å². The smallest absolute Gasteiger partial charge is 0.214 e. The monoisotopic (exact) mass is 298 g/mol. The Morgan fingerprint density at radius 1 is 1.33 bits per heavy atom. The molecule has 0 bridgehead atoms. The molecular formula is C12H27ClN2O2S. The largest absolute Gasteiger partial charge is 0.326 e. The highest BCUT2D eigenvalue weighted by molar-refractivity contribution is 7.89. The van der Waals surface area contributed by atoms with E-state index in [9.17, 15) is 8.42 Å². The van der Waals surface area contributed by atoms with Gasteiger partial charge in [0.15, 0.2) is 0 Å². The molecule has 110 valence electrons. The fourth-order valence-electron chi connectivity index (χ4n) is 2.43. The van der Waals surface area contributed by atoms with Gasteiger partial charge in [-0.2, -0.15) is 4.31 Å². The summed E-state index contributed by atoms with van der Waals surface area (Å²) in [6.07, 6.45) is 2.92. The zero-order chi connectivity index (χ0) is 13.3. The van der Waals surface area contributed by atoms with Crippen molar-refractivity contribution in [3.63, 3.8) is 0 Å². The number of hydrogen-bond donors (Lipinski definition) is 1. The van der Waals surface area contributed by atoms with Crippen LogP contribution in [0.4, 0.5) is 0 Å². The third-order valence-electron chi connectivity index (χ3n) is 3.08. The highest BCUT2D eigenvalue weighted by atomic mass is 35.5. The van der Waals surface area contributed by atoms with Gasteiger partial charge in [-0.3, -0.25) is 0 Å². The van der Waals surface area contributed by atoms with Gasteiger partial charge in [-0.05, 0) is 25.2 Å². The average Bonchev–Trinajstić information content (AvgIpc) is 2.14. The summed E-state index contributed by atoms with van der Waals surface area (Å²) in [5.74, 6) is 0.198. The van der Waals surface area contributed by atoms with Crippen LogP contribution in [-0.4, -0.2) is 37.1 Å². The number of rotatable bonds is 3. The van der Waals surface area contributed by atoms with Gasteiger partial charge in [0.05, 0.1) is 5.75 Å². The van der Waals surface area contributed by atoms with Gasteiger partial charge in [-0.25, -0.2) is 8.42 Å². The van der Waals surface area contributed by atoms with Crippen LogP contribution in [-0.2, 0) is 10.0 Å². The first-order valence-electron chi connectivity index (χ1n) is 6.38. The Bertz CT molecular complexity index is 350. The lowest BCUT2D eigenvalue weighted by molar-refractivity contribution is 0.224. The second-order valence-electron chi connectivity index (χ2n) is 6.35. The molecule has 18 heavy (non-hydrogen) atoms. The Labute approximate surface area is 118 Å². The Hall–Kier alpha value is 0.160. The second kappa shape index (κ2) is 6.55. The van der Waals surface area contributed by atoms with Gasteiger partial charge in [0.2, 0.25) is 10.0 Å². The summed E-state index contributed by atoms with van der Waals surface area (Å²) >= 11 is 0. The lowest BCUT2D eigenvalue weighted by Crippen LogP contribution is -2.53. The van der Waals surface area contributed by atoms with Crippen LogP contribution < -0.4 is 5.73 Å². The van der Waals surface area contributed by atoms with E-state index in [4.69, 9.17) is 5.73 Å². The van der Waals surface area contributed by atoms with Crippen molar-refractivity contribution in [3.05, 3.63) is 0 Å². The van der Waals surface area contributed by atoms with Crippen molar-refractivity contribution >= 4 is 22.4 Å². The van der Waals surface area contributed by atoms with Crippen molar-refractivity contribution in [2.45, 2.75) is 59.0 Å². The quantitative estimate of drug-likeness (QED) is 0.866. The molecule has 2 unspecified atom stereocenters. The van der Waals surface area contributed by atoms with E-state index in [1.54, 1.807) is 4.31 Å². The number of hydrogen-bond acceptors (Lipinski definition) is 3. The SMILES string of the molecule is CC(N)C1CCCCN1S(=O)(=O)CC(C)(C)C.Cl. The summed E-state index contributed by atoms with van der Waals surface area (Å²) in [6, 6.07) is -0.110. The highest BCUT2D eigenvalue weighted by Gasteiger charge is 2.36. The van der Waals surface area contributed by atoms with Crippen molar-refractivity contribution in [3.8, 4) is 0 Å². The number of nitrogens with zero attached hydrogens (tertiary/aromatic N) is 1. The Morgan fingerprint density at radius 2 is 1.89 bits per heavy atom. The first kappa shape index (κ1) is 18.2. The molecule has 1 aliphatic rings. The van der Waals surface area contributed by atoms with Crippen molar-refractivity contribution < 1.29 is 8.42 Å². The van der Waals surface area contributed by atoms with Crippen molar-refractivity contribution in [2.24, 2.45) is 11.1 Å². The van der Waals surface area contributed by atoms with Crippen LogP contribution in [0.25, 0.3) is 0 Å². The van der Waals surface area contributed by atoms with E-state index in [1.807, 2.05) is 27.7 Å². The van der Waals surface area contributed by atoms with Crippen LogP contribution in [0, 0.1) is 5.41 Å². The lowest BCUT2D eigenvalue weighted by atomic mass is 10.00. The number of halogens is 1. The molecule has 0 radical (unpaired) electrons. The van der Waals surface area contributed by atoms with E-state index < -0.39 is 10.0 Å². The zero-order valence-electron chi connectivity index (χ0n) is 11.8. The minimum absolute atomic E-state index is 0.